The molecular formula is C20H19N3O3. The number of benzene rings is 2. The normalized spacial score (nSPS) is 17.6. The van der Waals surface area contributed by atoms with Gasteiger partial charge in [-0.3, -0.25) is 4.79 Å². The average molecular weight is 349 g/mol. The van der Waals surface area contributed by atoms with Crippen LogP contribution in [0.5, 0.6) is 0 Å². The van der Waals surface area contributed by atoms with Gasteiger partial charge < -0.3 is 15.1 Å². The Bertz CT molecular complexity index is 935. The number of rotatable bonds is 2. The molecule has 0 bridgehead atoms. The van der Waals surface area contributed by atoms with Crippen LogP contribution in [0.2, 0.25) is 0 Å². The van der Waals surface area contributed by atoms with E-state index in [0.717, 1.165) is 41.9 Å². The Morgan fingerprint density at radius 2 is 1.96 bits per heavy atom. The summed E-state index contributed by atoms with van der Waals surface area (Å²) in [7, 11) is 2.06. The van der Waals surface area contributed by atoms with Crippen LogP contribution in [0.25, 0.3) is 11.1 Å². The fraction of sp³-hybridized carbons (Fsp3) is 0.250. The molecule has 6 heteroatoms. The van der Waals surface area contributed by atoms with Crippen LogP contribution in [0.3, 0.4) is 0 Å². The summed E-state index contributed by atoms with van der Waals surface area (Å²) >= 11 is 0. The van der Waals surface area contributed by atoms with Gasteiger partial charge in [0.25, 0.3) is 5.91 Å². The number of carbonyl (C=O) groups excluding carboxylic acids is 2. The number of oxime groups is 1. The van der Waals surface area contributed by atoms with Gasteiger partial charge in [0.15, 0.2) is 5.71 Å². The summed E-state index contributed by atoms with van der Waals surface area (Å²) < 4.78 is 0. The molecule has 2 aliphatic heterocycles. The first-order valence-corrected chi connectivity index (χ1v) is 8.54. The van der Waals surface area contributed by atoms with Crippen molar-refractivity contribution in [1.82, 2.24) is 4.90 Å². The van der Waals surface area contributed by atoms with Crippen molar-refractivity contribution in [3.05, 3.63) is 53.1 Å². The summed E-state index contributed by atoms with van der Waals surface area (Å²) in [5, 5.41) is 6.70. The lowest BCUT2D eigenvalue weighted by atomic mass is 9.87. The van der Waals surface area contributed by atoms with Gasteiger partial charge in [0.1, 0.15) is 0 Å². The van der Waals surface area contributed by atoms with Crippen molar-refractivity contribution >= 4 is 23.3 Å². The van der Waals surface area contributed by atoms with Crippen molar-refractivity contribution < 1.29 is 14.4 Å². The van der Waals surface area contributed by atoms with Crippen molar-refractivity contribution in [2.45, 2.75) is 19.9 Å². The first-order valence-electron chi connectivity index (χ1n) is 8.54. The second-order valence-electron chi connectivity index (χ2n) is 6.63. The third kappa shape index (κ3) is 2.78. The maximum atomic E-state index is 12.4. The van der Waals surface area contributed by atoms with Gasteiger partial charge in [-0.05, 0) is 41.8 Å². The summed E-state index contributed by atoms with van der Waals surface area (Å²) in [5.41, 5.74) is 6.16. The van der Waals surface area contributed by atoms with Crippen LogP contribution >= 0.6 is 0 Å². The van der Waals surface area contributed by atoms with Crippen LogP contribution in [0, 0.1) is 0 Å². The van der Waals surface area contributed by atoms with Crippen molar-refractivity contribution in [2.24, 2.45) is 5.16 Å². The Kier molecular flexibility index (Phi) is 4.05. The van der Waals surface area contributed by atoms with E-state index in [9.17, 15) is 9.59 Å². The molecule has 0 spiro atoms. The molecule has 1 N–H and O–H groups in total. The summed E-state index contributed by atoms with van der Waals surface area (Å²) in [4.78, 5) is 30.5. The third-order valence-electron chi connectivity index (χ3n) is 4.78. The molecule has 0 aliphatic carbocycles. The second kappa shape index (κ2) is 6.38. The van der Waals surface area contributed by atoms with Crippen molar-refractivity contribution in [3.8, 4) is 11.1 Å². The van der Waals surface area contributed by atoms with E-state index >= 15 is 0 Å². The van der Waals surface area contributed by atoms with Crippen molar-refractivity contribution in [1.29, 1.82) is 0 Å². The number of hydrogen-bond acceptors (Lipinski definition) is 5. The molecule has 4 rings (SSSR count). The van der Waals surface area contributed by atoms with Gasteiger partial charge in [-0.2, -0.15) is 0 Å². The molecule has 1 amide bonds. The molecule has 2 heterocycles. The molecule has 2 aromatic carbocycles. The minimum absolute atomic E-state index is 0.142. The number of amides is 1. The standard InChI is InChI=1S/C20H19N3O3/c1-12(24)26-22-19-16-10-15(13-6-4-3-5-7-13)14-8-9-23(2)11-17(14)18(16)21-20(19)25/h3-7,10H,8-9,11H2,1-2H3,(H,21,22,25). The van der Waals surface area contributed by atoms with Gasteiger partial charge in [-0.15, -0.1) is 0 Å². The van der Waals surface area contributed by atoms with Gasteiger partial charge in [-0.25, -0.2) is 4.79 Å². The lowest BCUT2D eigenvalue weighted by Gasteiger charge is -2.29. The Balaban J connectivity index is 1.93. The molecule has 26 heavy (non-hydrogen) atoms. The second-order valence-corrected chi connectivity index (χ2v) is 6.63. The number of hydrogen-bond donors (Lipinski definition) is 1. The smallest absolute Gasteiger partial charge is 0.320 e. The van der Waals surface area contributed by atoms with E-state index in [1.807, 2.05) is 24.3 Å². The number of nitrogens with one attached hydrogen (secondary N) is 1. The van der Waals surface area contributed by atoms with Gasteiger partial charge >= 0.3 is 5.97 Å². The highest BCUT2D eigenvalue weighted by Crippen LogP contribution is 2.39. The van der Waals surface area contributed by atoms with E-state index in [1.54, 1.807) is 0 Å². The minimum atomic E-state index is -0.556. The zero-order valence-electron chi connectivity index (χ0n) is 14.7. The molecule has 0 unspecified atom stereocenters. The largest absolute Gasteiger partial charge is 0.332 e. The van der Waals surface area contributed by atoms with Crippen LogP contribution in [0.1, 0.15) is 23.6 Å². The fourth-order valence-electron chi connectivity index (χ4n) is 3.59. The predicted octanol–water partition coefficient (Wildman–Crippen LogP) is 2.56. The van der Waals surface area contributed by atoms with E-state index in [2.05, 4.69) is 34.6 Å². The molecule has 0 atom stereocenters. The minimum Gasteiger partial charge on any atom is -0.320 e. The van der Waals surface area contributed by atoms with E-state index in [0.29, 0.717) is 5.56 Å². The first kappa shape index (κ1) is 16.5. The number of carbonyl (C=O) groups is 2. The molecular weight excluding hydrogens is 330 g/mol. The fourth-order valence-corrected chi connectivity index (χ4v) is 3.59. The first-order chi connectivity index (χ1) is 12.5. The number of nitrogens with zero attached hydrogens (tertiary/aromatic N) is 2. The molecule has 2 aliphatic rings. The van der Waals surface area contributed by atoms with Crippen LogP contribution in [0.15, 0.2) is 41.6 Å². The Labute approximate surface area is 151 Å². The quantitative estimate of drug-likeness (QED) is 0.668. The van der Waals surface area contributed by atoms with Gasteiger partial charge in [0, 0.05) is 25.6 Å². The number of anilines is 1. The Morgan fingerprint density at radius 1 is 1.19 bits per heavy atom. The van der Waals surface area contributed by atoms with E-state index in [1.165, 1.54) is 12.5 Å². The average Bonchev–Trinajstić information content (AvgIpc) is 2.95. The molecule has 132 valence electrons. The summed E-state index contributed by atoms with van der Waals surface area (Å²) in [6, 6.07) is 12.1. The lowest BCUT2D eigenvalue weighted by molar-refractivity contribution is -0.140. The molecule has 0 aromatic heterocycles. The highest BCUT2D eigenvalue weighted by atomic mass is 16.7. The zero-order valence-corrected chi connectivity index (χ0v) is 14.7. The summed E-state index contributed by atoms with van der Waals surface area (Å²) in [6.07, 6.45) is 0.912. The molecule has 0 radical (unpaired) electrons. The number of likely N-dealkylation sites (N-methyl/N-ethyl adjacent to an activating group) is 1. The van der Waals surface area contributed by atoms with Crippen LogP contribution in [0.4, 0.5) is 5.69 Å². The SMILES string of the molecule is CC(=O)O/N=C1\C(=O)Nc2c1cc(-c1ccccc1)c1c2CN(C)CC1. The van der Waals surface area contributed by atoms with Crippen LogP contribution in [-0.4, -0.2) is 36.1 Å². The van der Waals surface area contributed by atoms with E-state index in [4.69, 9.17) is 4.84 Å². The zero-order chi connectivity index (χ0) is 18.3. The molecule has 2 aromatic rings. The highest BCUT2D eigenvalue weighted by Gasteiger charge is 2.33. The van der Waals surface area contributed by atoms with E-state index in [-0.39, 0.29) is 11.6 Å². The molecule has 0 saturated heterocycles. The predicted molar refractivity (Wildman–Crippen MR) is 98.8 cm³/mol. The molecule has 0 saturated carbocycles. The van der Waals surface area contributed by atoms with Crippen molar-refractivity contribution in [3.63, 3.8) is 0 Å². The third-order valence-corrected chi connectivity index (χ3v) is 4.78. The summed E-state index contributed by atoms with van der Waals surface area (Å²) in [6.45, 7) is 2.97. The van der Waals surface area contributed by atoms with Crippen LogP contribution in [-0.2, 0) is 27.4 Å². The monoisotopic (exact) mass is 349 g/mol. The maximum absolute atomic E-state index is 12.4. The topological polar surface area (TPSA) is 71.0 Å². The van der Waals surface area contributed by atoms with Gasteiger partial charge in [0.05, 0.1) is 5.69 Å². The Hall–Kier alpha value is -2.99. The number of fused-ring (bicyclic) bond motifs is 3. The van der Waals surface area contributed by atoms with Crippen molar-refractivity contribution in [2.75, 3.05) is 18.9 Å². The van der Waals surface area contributed by atoms with Gasteiger partial charge in [0.2, 0.25) is 0 Å². The maximum Gasteiger partial charge on any atom is 0.332 e. The lowest BCUT2D eigenvalue weighted by Crippen LogP contribution is -2.27. The molecule has 6 nitrogen and oxygen atoms in total. The molecule has 0 fully saturated rings. The Morgan fingerprint density at radius 3 is 2.69 bits per heavy atom. The van der Waals surface area contributed by atoms with Gasteiger partial charge in [-0.1, -0.05) is 35.5 Å². The van der Waals surface area contributed by atoms with Crippen LogP contribution < -0.4 is 5.32 Å². The van der Waals surface area contributed by atoms with E-state index < -0.39 is 5.97 Å². The highest BCUT2D eigenvalue weighted by molar-refractivity contribution is 6.54. The summed E-state index contributed by atoms with van der Waals surface area (Å²) in [5.74, 6) is -0.901.